The molecule has 2 amide bonds. The SMILES string of the molecule is CC(=O)Nc1ncc(S(=O)(=O)N(C)CCN2CCCC2=O)s1. The van der Waals surface area contributed by atoms with Crippen molar-refractivity contribution in [2.45, 2.75) is 24.0 Å². The van der Waals surface area contributed by atoms with Gasteiger partial charge in [-0.05, 0) is 6.42 Å². The van der Waals surface area contributed by atoms with Gasteiger partial charge in [-0.25, -0.2) is 13.4 Å². The number of rotatable bonds is 6. The van der Waals surface area contributed by atoms with E-state index in [4.69, 9.17) is 0 Å². The number of hydrogen-bond donors (Lipinski definition) is 1. The smallest absolute Gasteiger partial charge is 0.254 e. The van der Waals surface area contributed by atoms with Crippen molar-refractivity contribution in [3.05, 3.63) is 6.20 Å². The van der Waals surface area contributed by atoms with Gasteiger partial charge in [0.25, 0.3) is 10.0 Å². The van der Waals surface area contributed by atoms with E-state index in [1.54, 1.807) is 4.90 Å². The maximum atomic E-state index is 12.4. The quantitative estimate of drug-likeness (QED) is 0.801. The predicted molar refractivity (Wildman–Crippen MR) is 82.0 cm³/mol. The minimum atomic E-state index is -3.66. The molecule has 8 nitrogen and oxygen atoms in total. The van der Waals surface area contributed by atoms with Crippen LogP contribution in [0.3, 0.4) is 0 Å². The summed E-state index contributed by atoms with van der Waals surface area (Å²) in [6.07, 6.45) is 2.58. The molecule has 1 aromatic heterocycles. The molecule has 2 rings (SSSR count). The van der Waals surface area contributed by atoms with Gasteiger partial charge in [-0.3, -0.25) is 9.59 Å². The third-order valence-electron chi connectivity index (χ3n) is 3.29. The average molecular weight is 346 g/mol. The van der Waals surface area contributed by atoms with Gasteiger partial charge in [0.1, 0.15) is 0 Å². The van der Waals surface area contributed by atoms with Crippen molar-refractivity contribution in [2.75, 3.05) is 32.0 Å². The predicted octanol–water partition coefficient (Wildman–Crippen LogP) is 0.344. The van der Waals surface area contributed by atoms with E-state index in [1.165, 1.54) is 24.5 Å². The van der Waals surface area contributed by atoms with Gasteiger partial charge >= 0.3 is 0 Å². The van der Waals surface area contributed by atoms with Crippen LogP contribution in [0.4, 0.5) is 5.13 Å². The molecule has 0 bridgehead atoms. The van der Waals surface area contributed by atoms with Gasteiger partial charge < -0.3 is 10.2 Å². The molecule has 0 atom stereocenters. The lowest BCUT2D eigenvalue weighted by Crippen LogP contribution is -2.36. The fourth-order valence-electron chi connectivity index (χ4n) is 2.06. The molecule has 10 heteroatoms. The molecule has 1 fully saturated rings. The summed E-state index contributed by atoms with van der Waals surface area (Å²) in [7, 11) is -2.20. The number of amides is 2. The van der Waals surface area contributed by atoms with E-state index in [9.17, 15) is 18.0 Å². The van der Waals surface area contributed by atoms with Gasteiger partial charge in [-0.1, -0.05) is 11.3 Å². The highest BCUT2D eigenvalue weighted by molar-refractivity contribution is 7.91. The van der Waals surface area contributed by atoms with Crippen molar-refractivity contribution in [1.82, 2.24) is 14.2 Å². The number of carbonyl (C=O) groups is 2. The van der Waals surface area contributed by atoms with E-state index < -0.39 is 10.0 Å². The summed E-state index contributed by atoms with van der Waals surface area (Å²) >= 11 is 0.902. The van der Waals surface area contributed by atoms with Crippen LogP contribution in [0, 0.1) is 0 Å². The number of carbonyl (C=O) groups excluding carboxylic acids is 2. The molecule has 0 aliphatic carbocycles. The van der Waals surface area contributed by atoms with E-state index in [-0.39, 0.29) is 27.7 Å². The van der Waals surface area contributed by atoms with Crippen molar-refractivity contribution >= 4 is 38.3 Å². The van der Waals surface area contributed by atoms with Crippen LogP contribution in [0.1, 0.15) is 19.8 Å². The summed E-state index contributed by atoms with van der Waals surface area (Å²) in [4.78, 5) is 28.0. The Morgan fingerprint density at radius 1 is 1.55 bits per heavy atom. The molecular formula is C12H18N4O4S2. The molecule has 1 aliphatic heterocycles. The fraction of sp³-hybridized carbons (Fsp3) is 0.583. The molecule has 22 heavy (non-hydrogen) atoms. The molecule has 0 unspecified atom stereocenters. The van der Waals surface area contributed by atoms with Gasteiger partial charge in [-0.2, -0.15) is 4.31 Å². The van der Waals surface area contributed by atoms with Crippen molar-refractivity contribution < 1.29 is 18.0 Å². The van der Waals surface area contributed by atoms with E-state index in [0.717, 1.165) is 17.8 Å². The lowest BCUT2D eigenvalue weighted by Gasteiger charge is -2.20. The number of thiazole rings is 1. The molecule has 1 aromatic rings. The first-order chi connectivity index (χ1) is 10.3. The molecule has 2 heterocycles. The van der Waals surface area contributed by atoms with Gasteiger partial charge in [-0.15, -0.1) is 0 Å². The zero-order valence-corrected chi connectivity index (χ0v) is 14.0. The van der Waals surface area contributed by atoms with Crippen molar-refractivity contribution in [2.24, 2.45) is 0 Å². The molecule has 1 saturated heterocycles. The topological polar surface area (TPSA) is 99.7 Å². The number of hydrogen-bond acceptors (Lipinski definition) is 6. The Bertz CT molecular complexity index is 670. The summed E-state index contributed by atoms with van der Waals surface area (Å²) in [5.41, 5.74) is 0. The Labute approximate surface area is 133 Å². The van der Waals surface area contributed by atoms with Crippen LogP contribution in [0.2, 0.25) is 0 Å². The summed E-state index contributed by atoms with van der Waals surface area (Å²) in [5, 5.41) is 2.70. The van der Waals surface area contributed by atoms with Gasteiger partial charge in [0, 0.05) is 40.0 Å². The lowest BCUT2D eigenvalue weighted by molar-refractivity contribution is -0.127. The van der Waals surface area contributed by atoms with E-state index in [1.807, 2.05) is 0 Å². The Morgan fingerprint density at radius 2 is 2.27 bits per heavy atom. The average Bonchev–Trinajstić information content (AvgIpc) is 3.05. The second-order valence-corrected chi connectivity index (χ2v) is 8.28. The molecule has 0 radical (unpaired) electrons. The van der Waals surface area contributed by atoms with Crippen molar-refractivity contribution in [3.8, 4) is 0 Å². The van der Waals surface area contributed by atoms with Gasteiger partial charge in [0.15, 0.2) is 9.34 Å². The first-order valence-electron chi connectivity index (χ1n) is 6.78. The Hall–Kier alpha value is -1.52. The highest BCUT2D eigenvalue weighted by atomic mass is 32.2. The maximum Gasteiger partial charge on any atom is 0.254 e. The molecule has 122 valence electrons. The zero-order chi connectivity index (χ0) is 16.3. The summed E-state index contributed by atoms with van der Waals surface area (Å²) in [6, 6.07) is 0. The van der Waals surface area contributed by atoms with E-state index >= 15 is 0 Å². The molecular weight excluding hydrogens is 328 g/mol. The standard InChI is InChI=1S/C12H18N4O4S2/c1-9(17)14-12-13-8-11(21-12)22(19,20)15(2)6-7-16-5-3-4-10(16)18/h8H,3-7H2,1-2H3,(H,13,14,17). The third kappa shape index (κ3) is 3.81. The van der Waals surface area contributed by atoms with Crippen LogP contribution in [0.25, 0.3) is 0 Å². The first kappa shape index (κ1) is 16.8. The van der Waals surface area contributed by atoms with Crippen LogP contribution in [-0.2, 0) is 19.6 Å². The molecule has 0 saturated carbocycles. The van der Waals surface area contributed by atoms with Crippen LogP contribution >= 0.6 is 11.3 Å². The second kappa shape index (κ2) is 6.71. The Morgan fingerprint density at radius 3 is 2.86 bits per heavy atom. The molecule has 0 aromatic carbocycles. The highest BCUT2D eigenvalue weighted by Gasteiger charge is 2.26. The highest BCUT2D eigenvalue weighted by Crippen LogP contribution is 2.25. The summed E-state index contributed by atoms with van der Waals surface area (Å²) in [6.45, 7) is 2.61. The monoisotopic (exact) mass is 346 g/mol. The number of sulfonamides is 1. The van der Waals surface area contributed by atoms with E-state index in [2.05, 4.69) is 10.3 Å². The largest absolute Gasteiger partial charge is 0.341 e. The lowest BCUT2D eigenvalue weighted by atomic mass is 10.4. The minimum absolute atomic E-state index is 0.0616. The molecule has 1 aliphatic rings. The van der Waals surface area contributed by atoms with Crippen molar-refractivity contribution in [1.29, 1.82) is 0 Å². The van der Waals surface area contributed by atoms with Crippen LogP contribution in [0.5, 0.6) is 0 Å². The number of likely N-dealkylation sites (N-methyl/N-ethyl adjacent to an activating group) is 1. The number of anilines is 1. The Kier molecular flexibility index (Phi) is 5.14. The molecule has 1 N–H and O–H groups in total. The van der Waals surface area contributed by atoms with Crippen LogP contribution in [0.15, 0.2) is 10.4 Å². The second-order valence-electron chi connectivity index (χ2n) is 4.98. The number of likely N-dealkylation sites (tertiary alicyclic amines) is 1. The first-order valence-corrected chi connectivity index (χ1v) is 9.04. The van der Waals surface area contributed by atoms with Crippen LogP contribution in [-0.4, -0.2) is 61.1 Å². The van der Waals surface area contributed by atoms with Gasteiger partial charge in [0.05, 0.1) is 6.20 Å². The molecule has 0 spiro atoms. The number of nitrogens with one attached hydrogen (secondary N) is 1. The van der Waals surface area contributed by atoms with E-state index in [0.29, 0.717) is 19.5 Å². The van der Waals surface area contributed by atoms with Gasteiger partial charge in [0.2, 0.25) is 11.8 Å². The van der Waals surface area contributed by atoms with Crippen molar-refractivity contribution in [3.63, 3.8) is 0 Å². The minimum Gasteiger partial charge on any atom is -0.341 e. The zero-order valence-electron chi connectivity index (χ0n) is 12.4. The number of nitrogens with zero attached hydrogens (tertiary/aromatic N) is 3. The fourth-order valence-corrected chi connectivity index (χ4v) is 4.51. The summed E-state index contributed by atoms with van der Waals surface area (Å²) in [5.74, 6) is -0.240. The third-order valence-corrected chi connectivity index (χ3v) is 6.49. The number of aromatic nitrogens is 1. The van der Waals surface area contributed by atoms with Crippen LogP contribution < -0.4 is 5.32 Å². The normalized spacial score (nSPS) is 15.6. The maximum absolute atomic E-state index is 12.4. The summed E-state index contributed by atoms with van der Waals surface area (Å²) < 4.78 is 26.1. The Balaban J connectivity index is 2.00.